The summed E-state index contributed by atoms with van der Waals surface area (Å²) < 4.78 is 21.0. The third-order valence-electron chi connectivity index (χ3n) is 10.7. The van der Waals surface area contributed by atoms with Crippen molar-refractivity contribution in [2.75, 3.05) is 43.4 Å². The zero-order valence-corrected chi connectivity index (χ0v) is 28.6. The molecule has 0 unspecified atom stereocenters. The largest absolute Gasteiger partial charge is 0.434 e. The lowest BCUT2D eigenvalue weighted by atomic mass is 9.68. The first-order valence-corrected chi connectivity index (χ1v) is 17.6. The van der Waals surface area contributed by atoms with Crippen molar-refractivity contribution in [1.29, 1.82) is 0 Å². The number of nitrogens with zero attached hydrogens (tertiary/aromatic N) is 9. The van der Waals surface area contributed by atoms with Crippen LogP contribution in [0.3, 0.4) is 0 Å². The Balaban J connectivity index is 0.919. The van der Waals surface area contributed by atoms with Gasteiger partial charge < -0.3 is 20.3 Å². The quantitative estimate of drug-likeness (QED) is 0.226. The molecule has 2 saturated carbocycles. The predicted octanol–water partition coefficient (Wildman–Crippen LogP) is 4.71. The molecule has 13 nitrogen and oxygen atoms in total. The lowest BCUT2D eigenvalue weighted by molar-refractivity contribution is -0.0656. The standard InChI is InChI=1S/C36H42FN11O2/c1-21(2)31(23-12-25(13-23)44-35-40-10-8-28(45-35)33(49)38-3)48-17-36(18-48)9-11-47(16-36)32-34(46-43-20-42-32)50-29-7-6-24(37)14-26(29)27-15-39-19-41-30(27)22-4-5-22/h6-8,10,14-15,19-23,25,31H,4-5,9,11-13,16-18H2,1-3H3,(H,38,49)(H,40,44,45)/t23?,25?,31-/m1/s1. The number of benzene rings is 1. The highest BCUT2D eigenvalue weighted by molar-refractivity contribution is 5.92. The fourth-order valence-electron chi connectivity index (χ4n) is 8.26. The number of halogens is 1. The van der Waals surface area contributed by atoms with E-state index >= 15 is 0 Å². The highest BCUT2D eigenvalue weighted by Gasteiger charge is 2.53. The first-order valence-electron chi connectivity index (χ1n) is 17.6. The van der Waals surface area contributed by atoms with E-state index in [1.54, 1.807) is 37.9 Å². The average molecular weight is 680 g/mol. The molecule has 4 fully saturated rings. The Morgan fingerprint density at radius 1 is 1.06 bits per heavy atom. The molecule has 2 aliphatic heterocycles. The number of carbonyl (C=O) groups is 1. The molecule has 1 aromatic carbocycles. The molecule has 14 heteroatoms. The van der Waals surface area contributed by atoms with Gasteiger partial charge in [0.15, 0.2) is 5.82 Å². The lowest BCUT2D eigenvalue weighted by Crippen LogP contribution is -2.65. The van der Waals surface area contributed by atoms with Crippen molar-refractivity contribution in [1.82, 2.24) is 45.3 Å². The average Bonchev–Trinajstić information content (AvgIpc) is 3.85. The van der Waals surface area contributed by atoms with Crippen LogP contribution < -0.4 is 20.3 Å². The topological polar surface area (TPSA) is 147 Å². The minimum Gasteiger partial charge on any atom is -0.434 e. The minimum absolute atomic E-state index is 0.173. The van der Waals surface area contributed by atoms with E-state index in [1.165, 1.54) is 18.5 Å². The first kappa shape index (κ1) is 32.4. The van der Waals surface area contributed by atoms with Crippen LogP contribution in [0.2, 0.25) is 0 Å². The zero-order chi connectivity index (χ0) is 34.4. The summed E-state index contributed by atoms with van der Waals surface area (Å²) in [5.41, 5.74) is 2.81. The molecule has 3 aromatic heterocycles. The molecule has 1 atom stereocenters. The van der Waals surface area contributed by atoms with Crippen molar-refractivity contribution in [2.24, 2.45) is 17.3 Å². The third kappa shape index (κ3) is 6.32. The van der Waals surface area contributed by atoms with Crippen molar-refractivity contribution in [3.8, 4) is 22.8 Å². The Morgan fingerprint density at radius 3 is 2.68 bits per heavy atom. The first-order chi connectivity index (χ1) is 24.3. The van der Waals surface area contributed by atoms with E-state index in [4.69, 9.17) is 4.74 Å². The maximum absolute atomic E-state index is 14.6. The fraction of sp³-hybridized carbons (Fsp3) is 0.500. The van der Waals surface area contributed by atoms with Crippen molar-refractivity contribution in [2.45, 2.75) is 64.0 Å². The number of amides is 1. The molecule has 0 radical (unpaired) electrons. The van der Waals surface area contributed by atoms with Crippen LogP contribution in [-0.2, 0) is 0 Å². The van der Waals surface area contributed by atoms with Gasteiger partial charge in [-0.25, -0.2) is 29.3 Å². The molecule has 50 heavy (non-hydrogen) atoms. The number of rotatable bonds is 11. The number of aromatic nitrogens is 7. The van der Waals surface area contributed by atoms with Gasteiger partial charge in [0, 0.05) is 80.2 Å². The number of anilines is 2. The van der Waals surface area contributed by atoms with E-state index in [1.807, 2.05) is 0 Å². The van der Waals surface area contributed by atoms with Gasteiger partial charge in [0.05, 0.1) is 5.69 Å². The second kappa shape index (κ2) is 13.1. The van der Waals surface area contributed by atoms with E-state index in [2.05, 4.69) is 69.4 Å². The Labute approximate surface area is 290 Å². The predicted molar refractivity (Wildman–Crippen MR) is 184 cm³/mol. The molecular formula is C36H42FN11O2. The summed E-state index contributed by atoms with van der Waals surface area (Å²) in [5.74, 6) is 2.79. The third-order valence-corrected chi connectivity index (χ3v) is 10.7. The number of hydrogen-bond acceptors (Lipinski definition) is 12. The number of hydrogen-bond donors (Lipinski definition) is 2. The Bertz CT molecular complexity index is 1880. The molecule has 260 valence electrons. The molecule has 4 aliphatic rings. The number of nitrogens with one attached hydrogen (secondary N) is 2. The SMILES string of the molecule is CNC(=O)c1ccnc(NC2CC([C@@H](C(C)C)N3CC4(CCN(c5ncnnc5Oc5ccc(F)cc5-c5cncnc5C5CC5)C4)C3)C2)n1. The summed E-state index contributed by atoms with van der Waals surface area (Å²) in [6.45, 7) is 8.41. The maximum Gasteiger partial charge on any atom is 0.282 e. The Kier molecular flexibility index (Phi) is 8.49. The molecule has 0 bridgehead atoms. The maximum atomic E-state index is 14.6. The molecule has 5 heterocycles. The van der Waals surface area contributed by atoms with Gasteiger partial charge >= 0.3 is 0 Å². The van der Waals surface area contributed by atoms with Crippen LogP contribution in [0.25, 0.3) is 11.1 Å². The Hall–Kier alpha value is -4.85. The van der Waals surface area contributed by atoms with Gasteiger partial charge in [-0.1, -0.05) is 13.8 Å². The summed E-state index contributed by atoms with van der Waals surface area (Å²) in [7, 11) is 1.60. The van der Waals surface area contributed by atoms with Crippen molar-refractivity contribution >= 4 is 17.7 Å². The molecule has 4 aromatic rings. The normalized spacial score (nSPS) is 21.8. The Morgan fingerprint density at radius 2 is 1.90 bits per heavy atom. The van der Waals surface area contributed by atoms with Gasteiger partial charge in [-0.2, -0.15) is 0 Å². The minimum atomic E-state index is -0.360. The van der Waals surface area contributed by atoms with Gasteiger partial charge in [-0.3, -0.25) is 9.69 Å². The van der Waals surface area contributed by atoms with Gasteiger partial charge in [0.2, 0.25) is 5.95 Å². The van der Waals surface area contributed by atoms with Gasteiger partial charge in [-0.05, 0) is 68.2 Å². The molecule has 1 spiro atoms. The van der Waals surface area contributed by atoms with Crippen LogP contribution in [0.1, 0.15) is 68.1 Å². The van der Waals surface area contributed by atoms with Gasteiger partial charge in [0.1, 0.15) is 29.9 Å². The number of likely N-dealkylation sites (tertiary alicyclic amines) is 1. The highest BCUT2D eigenvalue weighted by atomic mass is 19.1. The molecular weight excluding hydrogens is 637 g/mol. The smallest absolute Gasteiger partial charge is 0.282 e. The number of ether oxygens (including phenoxy) is 1. The van der Waals surface area contributed by atoms with Crippen LogP contribution >= 0.6 is 0 Å². The molecule has 8 rings (SSSR count). The van der Waals surface area contributed by atoms with Crippen molar-refractivity contribution in [3.63, 3.8) is 0 Å². The lowest BCUT2D eigenvalue weighted by Gasteiger charge is -2.57. The second-order valence-corrected chi connectivity index (χ2v) is 14.7. The van der Waals surface area contributed by atoms with Crippen LogP contribution in [0, 0.1) is 23.1 Å². The summed E-state index contributed by atoms with van der Waals surface area (Å²) in [6, 6.07) is 6.89. The van der Waals surface area contributed by atoms with Gasteiger partial charge in [-0.15, -0.1) is 10.2 Å². The second-order valence-electron chi connectivity index (χ2n) is 14.7. The van der Waals surface area contributed by atoms with Crippen LogP contribution in [-0.4, -0.2) is 91.2 Å². The summed E-state index contributed by atoms with van der Waals surface area (Å²) in [5, 5.41) is 14.4. The highest BCUT2D eigenvalue weighted by Crippen LogP contribution is 2.48. The zero-order valence-electron chi connectivity index (χ0n) is 28.6. The van der Waals surface area contributed by atoms with Crippen LogP contribution in [0.5, 0.6) is 11.6 Å². The van der Waals surface area contributed by atoms with E-state index < -0.39 is 0 Å². The van der Waals surface area contributed by atoms with Crippen LogP contribution in [0.4, 0.5) is 16.2 Å². The van der Waals surface area contributed by atoms with E-state index in [0.29, 0.717) is 64.5 Å². The van der Waals surface area contributed by atoms with E-state index in [9.17, 15) is 9.18 Å². The molecule has 1 amide bonds. The van der Waals surface area contributed by atoms with Gasteiger partial charge in [0.25, 0.3) is 11.8 Å². The van der Waals surface area contributed by atoms with Crippen molar-refractivity contribution < 1.29 is 13.9 Å². The molecule has 2 N–H and O–H groups in total. The van der Waals surface area contributed by atoms with Crippen LogP contribution in [0.15, 0.2) is 49.3 Å². The summed E-state index contributed by atoms with van der Waals surface area (Å²) >= 11 is 0. The monoisotopic (exact) mass is 679 g/mol. The summed E-state index contributed by atoms with van der Waals surface area (Å²) in [4.78, 5) is 39.0. The van der Waals surface area contributed by atoms with Crippen molar-refractivity contribution in [3.05, 3.63) is 66.5 Å². The van der Waals surface area contributed by atoms with E-state index in [0.717, 1.165) is 69.5 Å². The molecule has 2 aliphatic carbocycles. The fourth-order valence-corrected chi connectivity index (χ4v) is 8.26. The molecule has 2 saturated heterocycles. The summed E-state index contributed by atoms with van der Waals surface area (Å²) in [6.07, 6.45) is 11.6. The van der Waals surface area contributed by atoms with E-state index in [-0.39, 0.29) is 17.1 Å². The number of carbonyl (C=O) groups excluding carboxylic acids is 1.